The molecule has 3 aliphatic rings. The number of phenolic OH excluding ortho intramolecular Hbond substituents is 1. The number of aryl methyl sites for hydroxylation is 1. The van der Waals surface area contributed by atoms with Gasteiger partial charge in [0.1, 0.15) is 35.8 Å². The minimum atomic E-state index is -1.42. The lowest BCUT2D eigenvalue weighted by Crippen LogP contribution is -2.62. The van der Waals surface area contributed by atoms with Crippen molar-refractivity contribution in [2.45, 2.75) is 129 Å². The quantitative estimate of drug-likeness (QED) is 0.120. The van der Waals surface area contributed by atoms with E-state index in [0.29, 0.717) is 42.7 Å². The van der Waals surface area contributed by atoms with E-state index in [1.165, 1.54) is 35.2 Å². The molecule has 3 heterocycles. The van der Waals surface area contributed by atoms with Gasteiger partial charge in [-0.25, -0.2) is 10.5 Å². The highest BCUT2D eigenvalue weighted by atomic mass is 16.7. The third-order valence-corrected chi connectivity index (χ3v) is 11.5. The Balaban J connectivity index is 1.71. The van der Waals surface area contributed by atoms with Crippen LogP contribution in [0.15, 0.2) is 66.3 Å². The van der Waals surface area contributed by atoms with E-state index in [2.05, 4.69) is 16.1 Å². The average Bonchev–Trinajstić information content (AvgIpc) is 3.24. The number of carbonyl (C=O) groups excluding carboxylic acids is 6. The molecule has 0 aliphatic carbocycles. The number of allylic oxidation sites excluding steroid dienone is 4. The normalized spacial score (nSPS) is 27.9. The number of cyclic esters (lactones) is 1. The van der Waals surface area contributed by atoms with Gasteiger partial charge in [-0.3, -0.25) is 33.8 Å². The number of aromatic hydroxyl groups is 1. The van der Waals surface area contributed by atoms with Crippen LogP contribution in [0.4, 0.5) is 0 Å². The summed E-state index contributed by atoms with van der Waals surface area (Å²) in [5.74, 6) is -5.66. The van der Waals surface area contributed by atoms with Crippen molar-refractivity contribution in [1.82, 2.24) is 26.1 Å². The van der Waals surface area contributed by atoms with Gasteiger partial charge in [-0.2, -0.15) is 0 Å². The first-order valence-corrected chi connectivity index (χ1v) is 21.6. The number of hydrogen-bond donors (Lipinski definition) is 6. The third-order valence-electron chi connectivity index (χ3n) is 11.5. The molecule has 340 valence electrons. The number of hydrogen-bond acceptors (Lipinski definition) is 12. The summed E-state index contributed by atoms with van der Waals surface area (Å²) < 4.78 is 6.06. The Kier molecular flexibility index (Phi) is 19.1. The van der Waals surface area contributed by atoms with Crippen LogP contribution >= 0.6 is 0 Å². The zero-order chi connectivity index (χ0) is 45.5. The van der Waals surface area contributed by atoms with Crippen LogP contribution in [0, 0.1) is 24.7 Å². The van der Waals surface area contributed by atoms with Crippen LogP contribution in [0.1, 0.15) is 90.7 Å². The van der Waals surface area contributed by atoms with E-state index in [1.54, 1.807) is 77.1 Å². The maximum absolute atomic E-state index is 14.4. The summed E-state index contributed by atoms with van der Waals surface area (Å²) in [5, 5.41) is 41.3. The number of ketones is 1. The molecule has 0 spiro atoms. The highest BCUT2D eigenvalue weighted by molar-refractivity contribution is 5.93. The van der Waals surface area contributed by atoms with Gasteiger partial charge in [0.2, 0.25) is 11.8 Å². The zero-order valence-electron chi connectivity index (χ0n) is 36.7. The average molecular weight is 864 g/mol. The predicted octanol–water partition coefficient (Wildman–Crippen LogP) is 3.19. The fourth-order valence-electron chi connectivity index (χ4n) is 7.39. The summed E-state index contributed by atoms with van der Waals surface area (Å²) in [7, 11) is 0. The Hall–Kier alpha value is -5.16. The van der Waals surface area contributed by atoms with Gasteiger partial charge < -0.3 is 35.5 Å². The molecule has 0 saturated carbocycles. The molecule has 4 rings (SSSR count). The van der Waals surface area contributed by atoms with Crippen LogP contribution in [-0.2, 0) is 44.8 Å². The molecule has 62 heavy (non-hydrogen) atoms. The Bertz CT molecular complexity index is 1870. The van der Waals surface area contributed by atoms with Crippen molar-refractivity contribution >= 4 is 35.4 Å². The van der Waals surface area contributed by atoms with Crippen molar-refractivity contribution in [3.05, 3.63) is 77.4 Å². The fraction of sp³-hybridized carbons (Fsp3) is 0.565. The fourth-order valence-corrected chi connectivity index (χ4v) is 7.39. The topological polar surface area (TPSA) is 224 Å². The molecule has 4 amide bonds. The molecule has 2 bridgehead atoms. The number of rotatable bonds is 9. The summed E-state index contributed by atoms with van der Waals surface area (Å²) in [6.07, 6.45) is 10.1. The monoisotopic (exact) mass is 863 g/mol. The number of esters is 1. The van der Waals surface area contributed by atoms with E-state index in [0.717, 1.165) is 12.8 Å². The largest absolute Gasteiger partial charge is 0.508 e. The number of phenols is 1. The smallest absolute Gasteiger partial charge is 0.325 e. The Morgan fingerprint density at radius 3 is 2.44 bits per heavy atom. The van der Waals surface area contributed by atoms with E-state index in [4.69, 9.17) is 9.57 Å². The number of ether oxygens (including phenoxy) is 1. The number of hydrazine groups is 1. The van der Waals surface area contributed by atoms with Crippen molar-refractivity contribution in [2.24, 2.45) is 17.8 Å². The zero-order valence-corrected chi connectivity index (χ0v) is 36.7. The van der Waals surface area contributed by atoms with Gasteiger partial charge in [-0.1, -0.05) is 69.4 Å². The van der Waals surface area contributed by atoms with Crippen LogP contribution in [0.5, 0.6) is 5.75 Å². The van der Waals surface area contributed by atoms with Gasteiger partial charge in [0.15, 0.2) is 0 Å². The number of hydroxylamine groups is 2. The van der Waals surface area contributed by atoms with Crippen LogP contribution in [0.25, 0.3) is 0 Å². The van der Waals surface area contributed by atoms with Gasteiger partial charge in [-0.05, 0) is 81.6 Å². The molecule has 1 aromatic rings. The standard InChI is InChI=1S/C46H65N5O11/c1-28(2)41-44(58)47-36(26-33-21-19-29(3)38(54)27-33)45(59)50-23-13-15-35(49-50)46(60)62-39(30(4)14-12-18-40(55)51-24-10-11-25-61-51)17-9-7-8-16-37(53)32(6)42(56)34(43(57)48-41)22-20-31(5)52/h7-9,12,14,16,18-19,21,27-28,32,34-37,39,41-42,49,53-54,56H,10-11,13,15,17,20,22-26H2,1-6H3,(H,47,58)(H,48,57). The lowest BCUT2D eigenvalue weighted by Gasteiger charge is -2.36. The van der Waals surface area contributed by atoms with E-state index >= 15 is 0 Å². The van der Waals surface area contributed by atoms with Gasteiger partial charge in [0.05, 0.1) is 24.7 Å². The second-order valence-electron chi connectivity index (χ2n) is 16.8. The summed E-state index contributed by atoms with van der Waals surface area (Å²) in [5.41, 5.74) is 4.78. The number of fused-ring (bicyclic) bond motifs is 2. The van der Waals surface area contributed by atoms with Crippen molar-refractivity contribution in [2.75, 3.05) is 19.7 Å². The van der Waals surface area contributed by atoms with E-state index < -0.39 is 77.9 Å². The van der Waals surface area contributed by atoms with Crippen molar-refractivity contribution in [3.8, 4) is 5.75 Å². The summed E-state index contributed by atoms with van der Waals surface area (Å²) in [6, 6.07) is 1.58. The maximum Gasteiger partial charge on any atom is 0.325 e. The Morgan fingerprint density at radius 1 is 1.00 bits per heavy atom. The first-order valence-electron chi connectivity index (χ1n) is 21.6. The lowest BCUT2D eigenvalue weighted by atomic mass is 9.84. The molecule has 16 heteroatoms. The van der Waals surface area contributed by atoms with Gasteiger partial charge >= 0.3 is 5.97 Å². The van der Waals surface area contributed by atoms with Crippen LogP contribution in [0.2, 0.25) is 0 Å². The number of aliphatic hydroxyl groups is 2. The first-order chi connectivity index (χ1) is 29.5. The van der Waals surface area contributed by atoms with E-state index in [9.17, 15) is 44.1 Å². The molecule has 1 aromatic carbocycles. The SMILES string of the molecule is CC(=O)CCC1C(=O)NC(C(C)C)C(=O)NC(Cc2ccc(C)c(O)c2)C(=O)N2CCCC(N2)C(=O)OC(C(C)=CC=CC(=O)N2CCCCO2)CC=CC=CC(O)C(C)C1O. The van der Waals surface area contributed by atoms with Crippen molar-refractivity contribution in [3.63, 3.8) is 0 Å². The molecule has 8 atom stereocenters. The second kappa shape index (κ2) is 23.9. The molecule has 3 aliphatic heterocycles. The van der Waals surface area contributed by atoms with Gasteiger partial charge in [0, 0.05) is 44.3 Å². The molecule has 2 fully saturated rings. The number of aliphatic hydroxyl groups excluding tert-OH is 2. The van der Waals surface area contributed by atoms with Crippen LogP contribution in [0.3, 0.4) is 0 Å². The van der Waals surface area contributed by atoms with E-state index in [1.807, 2.05) is 0 Å². The van der Waals surface area contributed by atoms with E-state index in [-0.39, 0.29) is 49.7 Å². The minimum absolute atomic E-state index is 0.00256. The van der Waals surface area contributed by atoms with Crippen molar-refractivity contribution < 1.29 is 53.7 Å². The molecule has 0 radical (unpaired) electrons. The third kappa shape index (κ3) is 14.5. The highest BCUT2D eigenvalue weighted by Gasteiger charge is 2.38. The highest BCUT2D eigenvalue weighted by Crippen LogP contribution is 2.25. The molecular formula is C46H65N5O11. The molecular weight excluding hydrogens is 799 g/mol. The Labute approximate surface area is 364 Å². The number of benzene rings is 1. The summed E-state index contributed by atoms with van der Waals surface area (Å²) in [4.78, 5) is 86.5. The predicted molar refractivity (Wildman–Crippen MR) is 230 cm³/mol. The second-order valence-corrected chi connectivity index (χ2v) is 16.8. The number of amides is 4. The minimum Gasteiger partial charge on any atom is -0.508 e. The molecule has 0 aromatic heterocycles. The van der Waals surface area contributed by atoms with Gasteiger partial charge in [0.25, 0.3) is 11.8 Å². The van der Waals surface area contributed by atoms with Crippen LogP contribution < -0.4 is 16.1 Å². The number of Topliss-reactive ketones (excluding diaryl/α,β-unsaturated/α-hetero) is 1. The Morgan fingerprint density at radius 2 is 1.76 bits per heavy atom. The molecule has 6 N–H and O–H groups in total. The first kappa shape index (κ1) is 49.5. The van der Waals surface area contributed by atoms with Crippen molar-refractivity contribution in [1.29, 1.82) is 0 Å². The molecule has 8 unspecified atom stereocenters. The summed E-state index contributed by atoms with van der Waals surface area (Å²) >= 11 is 0. The number of carbonyl (C=O) groups is 6. The van der Waals surface area contributed by atoms with Gasteiger partial charge in [-0.15, -0.1) is 0 Å². The van der Waals surface area contributed by atoms with Crippen LogP contribution in [-0.4, -0.2) is 117 Å². The summed E-state index contributed by atoms with van der Waals surface area (Å²) in [6.45, 7) is 11.0. The molecule has 16 nitrogen and oxygen atoms in total. The maximum atomic E-state index is 14.4. The number of nitrogens with one attached hydrogen (secondary N) is 3. The number of nitrogens with zero attached hydrogens (tertiary/aromatic N) is 2. The molecule has 2 saturated heterocycles. The lowest BCUT2D eigenvalue weighted by molar-refractivity contribution is -0.191.